The fourth-order valence-electron chi connectivity index (χ4n) is 2.52. The van der Waals surface area contributed by atoms with Crippen molar-refractivity contribution in [3.05, 3.63) is 54.0 Å². The lowest BCUT2D eigenvalue weighted by atomic mass is 10.1. The fourth-order valence-corrected chi connectivity index (χ4v) is 2.52. The number of furan rings is 1. The van der Waals surface area contributed by atoms with Crippen LogP contribution in [0.2, 0.25) is 0 Å². The number of nitrogens with one attached hydrogen (secondary N) is 2. The van der Waals surface area contributed by atoms with Crippen molar-refractivity contribution in [2.75, 3.05) is 34.3 Å². The summed E-state index contributed by atoms with van der Waals surface area (Å²) in [7, 11) is 5.82. The van der Waals surface area contributed by atoms with Crippen LogP contribution in [0.15, 0.2) is 52.1 Å². The lowest BCUT2D eigenvalue weighted by Crippen LogP contribution is -2.41. The number of nitrogens with zero attached hydrogens (tertiary/aromatic N) is 2. The molecule has 2 aromatic rings. The Hall–Kier alpha value is -2.47. The third kappa shape index (κ3) is 5.83. The molecule has 1 aromatic heterocycles. The summed E-state index contributed by atoms with van der Waals surface area (Å²) >= 11 is 0. The summed E-state index contributed by atoms with van der Waals surface area (Å²) in [5.74, 6) is 2.48. The second-order valence-electron chi connectivity index (χ2n) is 5.91. The molecule has 0 aliphatic heterocycles. The van der Waals surface area contributed by atoms with Gasteiger partial charge in [-0.3, -0.25) is 0 Å². The number of ether oxygens (including phenoxy) is 1. The third-order valence-corrected chi connectivity index (χ3v) is 3.90. The Labute approximate surface area is 149 Å². The molecular weight excluding hydrogens is 316 g/mol. The van der Waals surface area contributed by atoms with E-state index < -0.39 is 0 Å². The number of aliphatic imine (C=N–C) groups is 1. The summed E-state index contributed by atoms with van der Waals surface area (Å²) in [5, 5.41) is 6.68. The van der Waals surface area contributed by atoms with E-state index in [9.17, 15) is 0 Å². The Bertz CT molecular complexity index is 636. The minimum absolute atomic E-state index is 0.221. The Morgan fingerprint density at radius 1 is 1.20 bits per heavy atom. The molecule has 0 aliphatic carbocycles. The van der Waals surface area contributed by atoms with Gasteiger partial charge in [0.25, 0.3) is 0 Å². The minimum Gasteiger partial charge on any atom is -0.497 e. The predicted molar refractivity (Wildman–Crippen MR) is 101 cm³/mol. The molecule has 1 aromatic carbocycles. The van der Waals surface area contributed by atoms with Gasteiger partial charge in [-0.2, -0.15) is 0 Å². The first-order chi connectivity index (χ1) is 12.1. The largest absolute Gasteiger partial charge is 0.497 e. The number of benzene rings is 1. The zero-order valence-electron chi connectivity index (χ0n) is 15.5. The molecule has 1 heterocycles. The van der Waals surface area contributed by atoms with Gasteiger partial charge in [-0.05, 0) is 50.8 Å². The second kappa shape index (κ2) is 9.74. The minimum atomic E-state index is 0.221. The summed E-state index contributed by atoms with van der Waals surface area (Å²) in [6.07, 6.45) is 1.66. The van der Waals surface area contributed by atoms with Crippen molar-refractivity contribution in [2.45, 2.75) is 19.5 Å². The maximum Gasteiger partial charge on any atom is 0.191 e. The predicted octanol–water partition coefficient (Wildman–Crippen LogP) is 2.65. The molecule has 0 bridgehead atoms. The Morgan fingerprint density at radius 3 is 2.52 bits per heavy atom. The highest BCUT2D eigenvalue weighted by Crippen LogP contribution is 2.20. The van der Waals surface area contributed by atoms with E-state index in [-0.39, 0.29) is 6.04 Å². The molecule has 0 saturated heterocycles. The van der Waals surface area contributed by atoms with Gasteiger partial charge in [-0.15, -0.1) is 0 Å². The van der Waals surface area contributed by atoms with Gasteiger partial charge in [0, 0.05) is 13.1 Å². The molecule has 0 radical (unpaired) electrons. The summed E-state index contributed by atoms with van der Waals surface area (Å²) in [5.41, 5.74) is 1.22. The van der Waals surface area contributed by atoms with Crippen LogP contribution in [-0.2, 0) is 6.54 Å². The maximum absolute atomic E-state index is 5.33. The van der Waals surface area contributed by atoms with Gasteiger partial charge in [-0.25, -0.2) is 4.99 Å². The van der Waals surface area contributed by atoms with Crippen molar-refractivity contribution < 1.29 is 9.15 Å². The van der Waals surface area contributed by atoms with Crippen LogP contribution >= 0.6 is 0 Å². The van der Waals surface area contributed by atoms with Crippen molar-refractivity contribution in [1.29, 1.82) is 0 Å². The standard InChI is InChI=1S/C19H28N4O2/c1-5-20-19(21-13-17-7-6-12-25-17)22-14-18(23(2)3)15-8-10-16(24-4)11-9-15/h6-12,18H,5,13-14H2,1-4H3,(H2,20,21,22). The van der Waals surface area contributed by atoms with Crippen molar-refractivity contribution in [3.63, 3.8) is 0 Å². The molecular formula is C19H28N4O2. The van der Waals surface area contributed by atoms with Crippen molar-refractivity contribution in [1.82, 2.24) is 15.5 Å². The van der Waals surface area contributed by atoms with Gasteiger partial charge in [0.2, 0.25) is 0 Å². The number of hydrogen-bond donors (Lipinski definition) is 2. The van der Waals surface area contributed by atoms with Crippen LogP contribution in [0.3, 0.4) is 0 Å². The lowest BCUT2D eigenvalue weighted by molar-refractivity contribution is 0.298. The van der Waals surface area contributed by atoms with Gasteiger partial charge in [0.1, 0.15) is 18.1 Å². The average Bonchev–Trinajstić information content (AvgIpc) is 3.13. The van der Waals surface area contributed by atoms with E-state index in [0.29, 0.717) is 6.54 Å². The number of methoxy groups -OCH3 is 1. The Morgan fingerprint density at radius 2 is 1.96 bits per heavy atom. The molecule has 1 atom stereocenters. The van der Waals surface area contributed by atoms with Crippen LogP contribution in [-0.4, -0.2) is 45.2 Å². The van der Waals surface area contributed by atoms with Crippen molar-refractivity contribution in [2.24, 2.45) is 4.99 Å². The van der Waals surface area contributed by atoms with Crippen molar-refractivity contribution >= 4 is 5.96 Å². The SMILES string of the molecule is CCNC(=NCc1ccco1)NCC(c1ccc(OC)cc1)N(C)C. The van der Waals surface area contributed by atoms with Crippen LogP contribution in [0, 0.1) is 0 Å². The normalized spacial score (nSPS) is 12.9. The fraction of sp³-hybridized carbons (Fsp3) is 0.421. The summed E-state index contributed by atoms with van der Waals surface area (Å²) in [4.78, 5) is 6.76. The monoisotopic (exact) mass is 344 g/mol. The van der Waals surface area contributed by atoms with E-state index in [0.717, 1.165) is 30.6 Å². The van der Waals surface area contributed by atoms with Crippen LogP contribution in [0.5, 0.6) is 5.75 Å². The van der Waals surface area contributed by atoms with E-state index in [1.54, 1.807) is 13.4 Å². The highest BCUT2D eigenvalue weighted by Gasteiger charge is 2.14. The van der Waals surface area contributed by atoms with Gasteiger partial charge < -0.3 is 24.7 Å². The Kier molecular flexibility index (Phi) is 7.35. The molecule has 0 spiro atoms. The molecule has 6 heteroatoms. The number of guanidine groups is 1. The molecule has 2 rings (SSSR count). The van der Waals surface area contributed by atoms with Gasteiger partial charge >= 0.3 is 0 Å². The highest BCUT2D eigenvalue weighted by atomic mass is 16.5. The lowest BCUT2D eigenvalue weighted by Gasteiger charge is -2.26. The molecule has 0 fully saturated rings. The molecule has 6 nitrogen and oxygen atoms in total. The van der Waals surface area contributed by atoms with Crippen LogP contribution in [0.1, 0.15) is 24.3 Å². The van der Waals surface area contributed by atoms with Gasteiger partial charge in [0.15, 0.2) is 5.96 Å². The first-order valence-corrected chi connectivity index (χ1v) is 8.49. The summed E-state index contributed by atoms with van der Waals surface area (Å²) < 4.78 is 10.6. The second-order valence-corrected chi connectivity index (χ2v) is 5.91. The maximum atomic E-state index is 5.33. The van der Waals surface area contributed by atoms with Crippen LogP contribution in [0.4, 0.5) is 0 Å². The smallest absolute Gasteiger partial charge is 0.191 e. The van der Waals surface area contributed by atoms with E-state index in [1.807, 2.05) is 24.3 Å². The first kappa shape index (κ1) is 18.9. The molecule has 0 aliphatic rings. The number of rotatable bonds is 8. The van der Waals surface area contributed by atoms with Crippen molar-refractivity contribution in [3.8, 4) is 5.75 Å². The van der Waals surface area contributed by atoms with Gasteiger partial charge in [-0.1, -0.05) is 12.1 Å². The highest BCUT2D eigenvalue weighted by molar-refractivity contribution is 5.79. The number of likely N-dealkylation sites (N-methyl/N-ethyl adjacent to an activating group) is 1. The Balaban J connectivity index is 2.02. The molecule has 136 valence electrons. The number of hydrogen-bond acceptors (Lipinski definition) is 4. The quantitative estimate of drug-likeness (QED) is 0.569. The van der Waals surface area contributed by atoms with E-state index in [4.69, 9.17) is 9.15 Å². The molecule has 2 N–H and O–H groups in total. The average molecular weight is 344 g/mol. The molecule has 0 amide bonds. The topological polar surface area (TPSA) is 62.0 Å². The zero-order chi connectivity index (χ0) is 18.1. The zero-order valence-corrected chi connectivity index (χ0v) is 15.5. The molecule has 25 heavy (non-hydrogen) atoms. The van der Waals surface area contributed by atoms with Crippen LogP contribution in [0.25, 0.3) is 0 Å². The van der Waals surface area contributed by atoms with E-state index >= 15 is 0 Å². The molecule has 1 unspecified atom stereocenters. The summed E-state index contributed by atoms with van der Waals surface area (Å²) in [6.45, 7) is 4.11. The molecule has 0 saturated carbocycles. The van der Waals surface area contributed by atoms with Crippen LogP contribution < -0.4 is 15.4 Å². The summed E-state index contributed by atoms with van der Waals surface area (Å²) in [6, 6.07) is 12.2. The van der Waals surface area contributed by atoms with Gasteiger partial charge in [0.05, 0.1) is 19.4 Å². The third-order valence-electron chi connectivity index (χ3n) is 3.90. The van der Waals surface area contributed by atoms with E-state index in [1.165, 1.54) is 5.56 Å². The van der Waals surface area contributed by atoms with E-state index in [2.05, 4.69) is 53.7 Å². The first-order valence-electron chi connectivity index (χ1n) is 8.49.